The minimum atomic E-state index is -1.00. The van der Waals surface area contributed by atoms with Gasteiger partial charge in [0.1, 0.15) is 6.04 Å². The van der Waals surface area contributed by atoms with E-state index in [-0.39, 0.29) is 41.4 Å². The van der Waals surface area contributed by atoms with Crippen LogP contribution in [0.5, 0.6) is 0 Å². The fourth-order valence-electron chi connectivity index (χ4n) is 6.18. The highest BCUT2D eigenvalue weighted by Gasteiger charge is 2.62. The summed E-state index contributed by atoms with van der Waals surface area (Å²) in [6, 6.07) is 4.89. The lowest BCUT2D eigenvalue weighted by Gasteiger charge is -2.28. The van der Waals surface area contributed by atoms with Gasteiger partial charge in [-0.05, 0) is 61.0 Å². The second kappa shape index (κ2) is 9.27. The molecule has 2 aliphatic carbocycles. The first-order valence-corrected chi connectivity index (χ1v) is 12.2. The molecule has 7 nitrogen and oxygen atoms in total. The zero-order valence-corrected chi connectivity index (χ0v) is 19.9. The van der Waals surface area contributed by atoms with Crippen molar-refractivity contribution in [3.05, 3.63) is 29.3 Å². The zero-order chi connectivity index (χ0) is 23.9. The molecule has 5 atom stereocenters. The molecule has 2 saturated carbocycles. The second-order valence-corrected chi connectivity index (χ2v) is 9.93. The van der Waals surface area contributed by atoms with E-state index in [4.69, 9.17) is 4.74 Å². The van der Waals surface area contributed by atoms with Crippen molar-refractivity contribution in [2.45, 2.75) is 65.8 Å². The topological polar surface area (TPSA) is 92.8 Å². The maximum atomic E-state index is 13.2. The largest absolute Gasteiger partial charge is 0.454 e. The first-order chi connectivity index (χ1) is 15.8. The van der Waals surface area contributed by atoms with E-state index in [0.717, 1.165) is 53.8 Å². The van der Waals surface area contributed by atoms with Crippen molar-refractivity contribution in [2.24, 2.45) is 29.6 Å². The number of hydrogen-bond donors (Lipinski definition) is 1. The number of amides is 3. The summed E-state index contributed by atoms with van der Waals surface area (Å²) < 4.78 is 5.35. The Kier molecular flexibility index (Phi) is 6.59. The number of carbonyl (C=O) groups excluding carboxylic acids is 4. The van der Waals surface area contributed by atoms with Gasteiger partial charge in [0, 0.05) is 5.69 Å². The molecular formula is C26H34N2O5. The first kappa shape index (κ1) is 23.5. The highest BCUT2D eigenvalue weighted by molar-refractivity contribution is 6.08. The molecule has 3 fully saturated rings. The van der Waals surface area contributed by atoms with Crippen LogP contribution in [0.2, 0.25) is 0 Å². The van der Waals surface area contributed by atoms with Crippen LogP contribution in [0.1, 0.15) is 58.1 Å². The van der Waals surface area contributed by atoms with E-state index in [1.54, 1.807) is 13.8 Å². The van der Waals surface area contributed by atoms with Crippen LogP contribution in [-0.4, -0.2) is 41.2 Å². The monoisotopic (exact) mass is 454 g/mol. The van der Waals surface area contributed by atoms with Gasteiger partial charge >= 0.3 is 5.97 Å². The average molecular weight is 455 g/mol. The number of likely N-dealkylation sites (tertiary alicyclic amines) is 1. The summed E-state index contributed by atoms with van der Waals surface area (Å²) in [4.78, 5) is 53.1. The lowest BCUT2D eigenvalue weighted by atomic mass is 9.81. The van der Waals surface area contributed by atoms with Gasteiger partial charge in [-0.25, -0.2) is 4.79 Å². The van der Waals surface area contributed by atoms with Crippen LogP contribution in [-0.2, 0) is 36.8 Å². The van der Waals surface area contributed by atoms with Gasteiger partial charge in [-0.3, -0.25) is 19.3 Å². The predicted molar refractivity (Wildman–Crippen MR) is 123 cm³/mol. The number of hydrogen-bond acceptors (Lipinski definition) is 5. The van der Waals surface area contributed by atoms with Gasteiger partial charge in [-0.1, -0.05) is 45.9 Å². The lowest BCUT2D eigenvalue weighted by molar-refractivity contribution is -0.162. The van der Waals surface area contributed by atoms with Gasteiger partial charge in [0.25, 0.3) is 5.91 Å². The molecule has 178 valence electrons. The van der Waals surface area contributed by atoms with Crippen LogP contribution in [0.4, 0.5) is 5.69 Å². The van der Waals surface area contributed by atoms with Crippen molar-refractivity contribution in [2.75, 3.05) is 11.9 Å². The van der Waals surface area contributed by atoms with E-state index in [2.05, 4.69) is 5.32 Å². The van der Waals surface area contributed by atoms with Gasteiger partial charge in [0.2, 0.25) is 11.8 Å². The third kappa shape index (κ3) is 4.06. The van der Waals surface area contributed by atoms with E-state index in [1.165, 1.54) is 0 Å². The Morgan fingerprint density at radius 1 is 1.03 bits per heavy atom. The van der Waals surface area contributed by atoms with Gasteiger partial charge in [0.05, 0.1) is 11.8 Å². The van der Waals surface area contributed by atoms with Crippen LogP contribution < -0.4 is 5.32 Å². The first-order valence-electron chi connectivity index (χ1n) is 12.2. The summed E-state index contributed by atoms with van der Waals surface area (Å²) >= 11 is 0. The standard InChI is InChI=1S/C26H34N2O5/c1-5-15-8-7-9-16(6-2)22(15)27-19(29)13-33-26(32)23(14(3)4)28-24(30)20-17-10-11-18(12-17)21(20)25(28)31/h7-9,14,17-18,20-21,23H,5-6,10-13H2,1-4H3,(H,27,29)/t17-,18-,20-,21+,23-/m0/s1. The molecule has 0 aromatic heterocycles. The Morgan fingerprint density at radius 2 is 1.58 bits per heavy atom. The number of nitrogens with zero attached hydrogens (tertiary/aromatic N) is 1. The molecule has 2 bridgehead atoms. The number of ether oxygens (including phenoxy) is 1. The third-order valence-electron chi connectivity index (χ3n) is 7.72. The summed E-state index contributed by atoms with van der Waals surface area (Å²) in [6.07, 6.45) is 4.43. The lowest BCUT2D eigenvalue weighted by Crippen LogP contribution is -2.50. The molecule has 0 unspecified atom stereocenters. The van der Waals surface area contributed by atoms with E-state index in [0.29, 0.717) is 0 Å². The predicted octanol–water partition coefficient (Wildman–Crippen LogP) is 3.35. The number of esters is 1. The summed E-state index contributed by atoms with van der Waals surface area (Å²) in [5.41, 5.74) is 2.80. The number of carbonyl (C=O) groups is 4. The number of rotatable bonds is 8. The number of nitrogens with one attached hydrogen (secondary N) is 1. The van der Waals surface area contributed by atoms with Crippen LogP contribution in [0.15, 0.2) is 18.2 Å². The summed E-state index contributed by atoms with van der Waals surface area (Å²) in [5.74, 6) is -1.98. The van der Waals surface area contributed by atoms with Crippen LogP contribution in [0.3, 0.4) is 0 Å². The Morgan fingerprint density at radius 3 is 2.06 bits per heavy atom. The van der Waals surface area contributed by atoms with Crippen molar-refractivity contribution >= 4 is 29.4 Å². The van der Waals surface area contributed by atoms with Crippen LogP contribution >= 0.6 is 0 Å². The van der Waals surface area contributed by atoms with E-state index >= 15 is 0 Å². The summed E-state index contributed by atoms with van der Waals surface area (Å²) in [5, 5.41) is 2.88. The number of fused-ring (bicyclic) bond motifs is 5. The molecule has 1 aromatic carbocycles. The van der Waals surface area contributed by atoms with E-state index in [1.807, 2.05) is 32.0 Å². The molecule has 1 heterocycles. The molecular weight excluding hydrogens is 420 g/mol. The number of aryl methyl sites for hydroxylation is 2. The minimum Gasteiger partial charge on any atom is -0.454 e. The maximum absolute atomic E-state index is 13.2. The molecule has 3 amide bonds. The van der Waals surface area contributed by atoms with Crippen LogP contribution in [0.25, 0.3) is 0 Å². The van der Waals surface area contributed by atoms with Crippen LogP contribution in [0, 0.1) is 29.6 Å². The highest BCUT2D eigenvalue weighted by atomic mass is 16.5. The minimum absolute atomic E-state index is 0.234. The number of benzene rings is 1. The molecule has 1 N–H and O–H groups in total. The molecule has 0 spiro atoms. The Bertz CT molecular complexity index is 921. The van der Waals surface area contributed by atoms with Gasteiger partial charge in [-0.15, -0.1) is 0 Å². The fraction of sp³-hybridized carbons (Fsp3) is 0.615. The Balaban J connectivity index is 1.43. The van der Waals surface area contributed by atoms with Crippen molar-refractivity contribution < 1.29 is 23.9 Å². The molecule has 7 heteroatoms. The summed E-state index contributed by atoms with van der Waals surface area (Å²) in [6.45, 7) is 7.16. The SMILES string of the molecule is CCc1cccc(CC)c1NC(=O)COC(=O)[C@H](C(C)C)N1C(=O)[C@@H]2[C@H]3CC[C@@H](C3)[C@@H]2C1=O. The summed E-state index contributed by atoms with van der Waals surface area (Å²) in [7, 11) is 0. The molecule has 0 radical (unpaired) electrons. The van der Waals surface area contributed by atoms with Gasteiger partial charge < -0.3 is 10.1 Å². The molecule has 4 rings (SSSR count). The third-order valence-corrected chi connectivity index (χ3v) is 7.72. The highest BCUT2D eigenvalue weighted by Crippen LogP contribution is 2.56. The molecule has 1 aliphatic heterocycles. The van der Waals surface area contributed by atoms with E-state index in [9.17, 15) is 19.2 Å². The normalized spacial score (nSPS) is 26.6. The van der Waals surface area contributed by atoms with Crippen molar-refractivity contribution in [1.82, 2.24) is 4.90 Å². The smallest absolute Gasteiger partial charge is 0.330 e. The van der Waals surface area contributed by atoms with Gasteiger partial charge in [-0.2, -0.15) is 0 Å². The van der Waals surface area contributed by atoms with Crippen molar-refractivity contribution in [3.8, 4) is 0 Å². The van der Waals surface area contributed by atoms with E-state index < -0.39 is 24.5 Å². The fourth-order valence-corrected chi connectivity index (χ4v) is 6.18. The number of imide groups is 1. The maximum Gasteiger partial charge on any atom is 0.330 e. The molecule has 33 heavy (non-hydrogen) atoms. The Hall–Kier alpha value is -2.70. The molecule has 3 aliphatic rings. The second-order valence-electron chi connectivity index (χ2n) is 9.93. The number of anilines is 1. The molecule has 1 saturated heterocycles. The van der Waals surface area contributed by atoms with Crippen molar-refractivity contribution in [1.29, 1.82) is 0 Å². The average Bonchev–Trinajstić information content (AvgIpc) is 3.47. The quantitative estimate of drug-likeness (QED) is 0.480. The molecule has 1 aromatic rings. The number of para-hydroxylation sites is 1. The zero-order valence-electron chi connectivity index (χ0n) is 19.9. The van der Waals surface area contributed by atoms with Crippen molar-refractivity contribution in [3.63, 3.8) is 0 Å². The Labute approximate surface area is 195 Å². The van der Waals surface area contributed by atoms with Gasteiger partial charge in [0.15, 0.2) is 6.61 Å².